The maximum atomic E-state index is 5.58. The van der Waals surface area contributed by atoms with Crippen LogP contribution in [-0.2, 0) is 4.74 Å². The van der Waals surface area contributed by atoms with Gasteiger partial charge in [0.1, 0.15) is 5.75 Å². The summed E-state index contributed by atoms with van der Waals surface area (Å²) in [5.41, 5.74) is 1.26. The number of hydrogen-bond donors (Lipinski definition) is 1. The molecule has 1 aromatic carbocycles. The number of hydrogen-bond acceptors (Lipinski definition) is 3. The van der Waals surface area contributed by atoms with Crippen molar-refractivity contribution < 1.29 is 9.47 Å². The molecule has 1 aliphatic heterocycles. The first-order valence-corrected chi connectivity index (χ1v) is 8.20. The van der Waals surface area contributed by atoms with Gasteiger partial charge in [-0.1, -0.05) is 28.9 Å². The predicted octanol–water partition coefficient (Wildman–Crippen LogP) is 3.93. The zero-order valence-corrected chi connectivity index (χ0v) is 13.9. The van der Waals surface area contributed by atoms with E-state index in [0.717, 1.165) is 49.2 Å². The smallest absolute Gasteiger partial charge is 0.124 e. The highest BCUT2D eigenvalue weighted by Crippen LogP contribution is 2.36. The fourth-order valence-corrected chi connectivity index (χ4v) is 3.16. The van der Waals surface area contributed by atoms with Crippen LogP contribution in [0.1, 0.15) is 37.8 Å². The largest absolute Gasteiger partial charge is 0.496 e. The third-order valence-electron chi connectivity index (χ3n) is 3.88. The number of benzene rings is 1. The Bertz CT molecular complexity index is 419. The molecule has 0 bridgehead atoms. The first-order chi connectivity index (χ1) is 9.76. The molecule has 1 aliphatic rings. The SMILES string of the molecule is CCCNC(c1ccc(Br)cc1OC)C1CCOCC1. The van der Waals surface area contributed by atoms with Gasteiger partial charge < -0.3 is 14.8 Å². The van der Waals surface area contributed by atoms with Crippen molar-refractivity contribution >= 4 is 15.9 Å². The third-order valence-corrected chi connectivity index (χ3v) is 4.38. The van der Waals surface area contributed by atoms with Crippen molar-refractivity contribution in [1.82, 2.24) is 5.32 Å². The van der Waals surface area contributed by atoms with E-state index in [2.05, 4.69) is 46.4 Å². The monoisotopic (exact) mass is 341 g/mol. The molecule has 1 heterocycles. The highest BCUT2D eigenvalue weighted by atomic mass is 79.9. The minimum Gasteiger partial charge on any atom is -0.496 e. The Morgan fingerprint density at radius 1 is 1.40 bits per heavy atom. The van der Waals surface area contributed by atoms with Crippen LogP contribution in [0.15, 0.2) is 22.7 Å². The third kappa shape index (κ3) is 3.96. The van der Waals surface area contributed by atoms with Crippen molar-refractivity contribution in [2.75, 3.05) is 26.9 Å². The summed E-state index contributed by atoms with van der Waals surface area (Å²) in [5.74, 6) is 1.57. The van der Waals surface area contributed by atoms with Crippen LogP contribution in [0.4, 0.5) is 0 Å². The topological polar surface area (TPSA) is 30.5 Å². The van der Waals surface area contributed by atoms with Gasteiger partial charge in [0.25, 0.3) is 0 Å². The Morgan fingerprint density at radius 2 is 2.15 bits per heavy atom. The summed E-state index contributed by atoms with van der Waals surface area (Å²) in [6, 6.07) is 6.67. The van der Waals surface area contributed by atoms with Crippen molar-refractivity contribution in [1.29, 1.82) is 0 Å². The van der Waals surface area contributed by atoms with E-state index in [4.69, 9.17) is 9.47 Å². The number of methoxy groups -OCH3 is 1. The standard InChI is InChI=1S/C16H24BrNO2/c1-3-8-18-16(12-6-9-20-10-7-12)14-5-4-13(17)11-15(14)19-2/h4-5,11-12,16,18H,3,6-10H2,1-2H3. The number of halogens is 1. The lowest BCUT2D eigenvalue weighted by Crippen LogP contribution is -2.32. The van der Waals surface area contributed by atoms with Crippen LogP contribution in [0, 0.1) is 5.92 Å². The minimum atomic E-state index is 0.349. The molecule has 0 radical (unpaired) electrons. The van der Waals surface area contributed by atoms with E-state index >= 15 is 0 Å². The summed E-state index contributed by atoms with van der Waals surface area (Å²) in [6.07, 6.45) is 3.36. The van der Waals surface area contributed by atoms with Crippen LogP contribution in [0.25, 0.3) is 0 Å². The van der Waals surface area contributed by atoms with E-state index in [1.165, 1.54) is 5.56 Å². The first-order valence-electron chi connectivity index (χ1n) is 7.40. The van der Waals surface area contributed by atoms with E-state index < -0.39 is 0 Å². The second-order valence-corrected chi connectivity index (χ2v) is 6.18. The Kier molecular flexibility index (Phi) is 6.33. The maximum absolute atomic E-state index is 5.58. The first kappa shape index (κ1) is 15.8. The molecular weight excluding hydrogens is 318 g/mol. The predicted molar refractivity (Wildman–Crippen MR) is 85.3 cm³/mol. The second kappa shape index (κ2) is 8.01. The van der Waals surface area contributed by atoms with Crippen LogP contribution in [0.3, 0.4) is 0 Å². The maximum Gasteiger partial charge on any atom is 0.124 e. The van der Waals surface area contributed by atoms with Crippen LogP contribution in [0.5, 0.6) is 5.75 Å². The molecule has 1 fully saturated rings. The lowest BCUT2D eigenvalue weighted by Gasteiger charge is -2.32. The minimum absolute atomic E-state index is 0.349. The molecule has 0 spiro atoms. The molecule has 4 heteroatoms. The molecule has 0 amide bonds. The zero-order chi connectivity index (χ0) is 14.4. The van der Waals surface area contributed by atoms with Crippen molar-refractivity contribution in [3.05, 3.63) is 28.2 Å². The molecule has 1 atom stereocenters. The fourth-order valence-electron chi connectivity index (χ4n) is 2.82. The highest BCUT2D eigenvalue weighted by molar-refractivity contribution is 9.10. The van der Waals surface area contributed by atoms with Gasteiger partial charge in [-0.3, -0.25) is 0 Å². The van der Waals surface area contributed by atoms with Gasteiger partial charge >= 0.3 is 0 Å². The molecule has 0 aliphatic carbocycles. The quantitative estimate of drug-likeness (QED) is 0.850. The summed E-state index contributed by atoms with van der Waals surface area (Å²) in [4.78, 5) is 0. The van der Waals surface area contributed by atoms with Gasteiger partial charge in [-0.25, -0.2) is 0 Å². The van der Waals surface area contributed by atoms with Crippen molar-refractivity contribution in [2.24, 2.45) is 5.92 Å². The molecular formula is C16H24BrNO2. The average Bonchev–Trinajstić information content (AvgIpc) is 2.49. The second-order valence-electron chi connectivity index (χ2n) is 5.27. The molecule has 3 nitrogen and oxygen atoms in total. The van der Waals surface area contributed by atoms with Crippen LogP contribution in [0.2, 0.25) is 0 Å². The van der Waals surface area contributed by atoms with E-state index in [0.29, 0.717) is 12.0 Å². The zero-order valence-electron chi connectivity index (χ0n) is 12.3. The van der Waals surface area contributed by atoms with Gasteiger partial charge in [-0.05, 0) is 43.9 Å². The lowest BCUT2D eigenvalue weighted by molar-refractivity contribution is 0.0533. The molecule has 1 unspecified atom stereocenters. The van der Waals surface area contributed by atoms with Gasteiger partial charge in [0.15, 0.2) is 0 Å². The molecule has 1 N–H and O–H groups in total. The highest BCUT2D eigenvalue weighted by Gasteiger charge is 2.27. The molecule has 1 saturated heterocycles. The van der Waals surface area contributed by atoms with Gasteiger partial charge in [0.2, 0.25) is 0 Å². The Balaban J connectivity index is 2.24. The fraction of sp³-hybridized carbons (Fsp3) is 0.625. The van der Waals surface area contributed by atoms with Crippen LogP contribution in [-0.4, -0.2) is 26.9 Å². The number of rotatable bonds is 6. The molecule has 1 aromatic rings. The van der Waals surface area contributed by atoms with Gasteiger partial charge in [0.05, 0.1) is 7.11 Å². The van der Waals surface area contributed by atoms with E-state index in [9.17, 15) is 0 Å². The molecule has 0 aromatic heterocycles. The summed E-state index contributed by atoms with van der Waals surface area (Å²) < 4.78 is 12.1. The van der Waals surface area contributed by atoms with E-state index in [1.807, 2.05) is 0 Å². The summed E-state index contributed by atoms with van der Waals surface area (Å²) in [6.45, 7) is 4.97. The Morgan fingerprint density at radius 3 is 2.80 bits per heavy atom. The summed E-state index contributed by atoms with van der Waals surface area (Å²) in [7, 11) is 1.74. The molecule has 112 valence electrons. The van der Waals surface area contributed by atoms with Crippen LogP contribution >= 0.6 is 15.9 Å². The normalized spacial score (nSPS) is 17.9. The molecule has 20 heavy (non-hydrogen) atoms. The molecule has 0 saturated carbocycles. The van der Waals surface area contributed by atoms with Crippen molar-refractivity contribution in [2.45, 2.75) is 32.2 Å². The Labute approximate surface area is 130 Å². The van der Waals surface area contributed by atoms with Crippen molar-refractivity contribution in [3.63, 3.8) is 0 Å². The van der Waals surface area contributed by atoms with Crippen molar-refractivity contribution in [3.8, 4) is 5.75 Å². The average molecular weight is 342 g/mol. The van der Waals surface area contributed by atoms with E-state index in [1.54, 1.807) is 7.11 Å². The summed E-state index contributed by atoms with van der Waals surface area (Å²) >= 11 is 3.51. The number of nitrogens with one attached hydrogen (secondary N) is 1. The van der Waals surface area contributed by atoms with Gasteiger partial charge in [-0.15, -0.1) is 0 Å². The Hall–Kier alpha value is -0.580. The van der Waals surface area contributed by atoms with E-state index in [-0.39, 0.29) is 0 Å². The molecule has 2 rings (SSSR count). The summed E-state index contributed by atoms with van der Waals surface area (Å²) in [5, 5.41) is 3.70. The number of ether oxygens (including phenoxy) is 2. The van der Waals surface area contributed by atoms with Gasteiger partial charge in [-0.2, -0.15) is 0 Å². The van der Waals surface area contributed by atoms with Crippen LogP contribution < -0.4 is 10.1 Å². The van der Waals surface area contributed by atoms with Gasteiger partial charge in [0, 0.05) is 29.3 Å². The lowest BCUT2D eigenvalue weighted by atomic mass is 9.86.